The third-order valence-corrected chi connectivity index (χ3v) is 6.05. The summed E-state index contributed by atoms with van der Waals surface area (Å²) in [6.45, 7) is 3.13. The maximum atomic E-state index is 12.2. The van der Waals surface area contributed by atoms with Crippen LogP contribution in [0.1, 0.15) is 12.8 Å². The quantitative estimate of drug-likeness (QED) is 0.478. The Morgan fingerprint density at radius 3 is 2.79 bits per heavy atom. The fraction of sp³-hybridized carbons (Fsp3) is 0.348. The van der Waals surface area contributed by atoms with Crippen molar-refractivity contribution in [3.63, 3.8) is 0 Å². The molecule has 1 aromatic carbocycles. The number of fused-ring (bicyclic) bond motifs is 2. The van der Waals surface area contributed by atoms with Gasteiger partial charge in [0.25, 0.3) is 0 Å². The Hall–Kier alpha value is -3.79. The van der Waals surface area contributed by atoms with E-state index in [2.05, 4.69) is 36.8 Å². The van der Waals surface area contributed by atoms with E-state index < -0.39 is 0 Å². The molecule has 0 atom stereocenters. The van der Waals surface area contributed by atoms with Crippen LogP contribution in [0.2, 0.25) is 0 Å². The third kappa shape index (κ3) is 3.72. The zero-order valence-electron chi connectivity index (χ0n) is 18.2. The molecule has 1 saturated heterocycles. The van der Waals surface area contributed by atoms with E-state index in [-0.39, 0.29) is 11.8 Å². The number of ether oxygens (including phenoxy) is 1. The van der Waals surface area contributed by atoms with Crippen molar-refractivity contribution in [1.29, 1.82) is 0 Å². The molecule has 0 bridgehead atoms. The molecule has 33 heavy (non-hydrogen) atoms. The van der Waals surface area contributed by atoms with Crippen LogP contribution in [-0.2, 0) is 9.53 Å². The average Bonchev–Trinajstić information content (AvgIpc) is 3.62. The average molecular weight is 445 g/mol. The minimum absolute atomic E-state index is 0.0226. The fourth-order valence-electron chi connectivity index (χ4n) is 4.07. The van der Waals surface area contributed by atoms with Crippen molar-refractivity contribution in [2.45, 2.75) is 12.8 Å². The van der Waals surface area contributed by atoms with Crippen LogP contribution in [0.3, 0.4) is 0 Å². The first-order chi connectivity index (χ1) is 16.2. The second kappa shape index (κ2) is 7.96. The van der Waals surface area contributed by atoms with Crippen LogP contribution in [0.25, 0.3) is 33.5 Å². The van der Waals surface area contributed by atoms with Gasteiger partial charge in [0.2, 0.25) is 11.8 Å². The number of amides is 1. The smallest absolute Gasteiger partial charge is 0.229 e. The molecule has 1 amide bonds. The molecule has 6 rings (SSSR count). The molecule has 168 valence electrons. The standard InChI is InChI=1S/C23H23N7O3/c1-24-21-20-15(11-19(28-29-20)27-22(31)13-2-3-13)16(12-25-21)23-26-17-5-4-14(10-18(17)33-23)30-6-8-32-9-7-30/h4-5,10-13H,2-3,6-9H2,1H3,(H,24,25)(H,27,28,31). The topological polar surface area (TPSA) is 118 Å². The maximum Gasteiger partial charge on any atom is 0.229 e. The Bertz CT molecular complexity index is 1360. The molecule has 2 aliphatic rings. The highest BCUT2D eigenvalue weighted by atomic mass is 16.5. The van der Waals surface area contributed by atoms with Gasteiger partial charge in [-0.3, -0.25) is 4.79 Å². The van der Waals surface area contributed by atoms with Gasteiger partial charge in [0, 0.05) is 49.4 Å². The Labute approximate surface area is 189 Å². The van der Waals surface area contributed by atoms with Crippen LogP contribution >= 0.6 is 0 Å². The summed E-state index contributed by atoms with van der Waals surface area (Å²) < 4.78 is 11.6. The first-order valence-electron chi connectivity index (χ1n) is 11.1. The van der Waals surface area contributed by atoms with Gasteiger partial charge in [0.15, 0.2) is 17.2 Å². The van der Waals surface area contributed by atoms with Crippen LogP contribution in [0.15, 0.2) is 34.9 Å². The highest BCUT2D eigenvalue weighted by Gasteiger charge is 2.30. The molecule has 10 nitrogen and oxygen atoms in total. The Balaban J connectivity index is 1.41. The number of hydrogen-bond donors (Lipinski definition) is 2. The predicted molar refractivity (Wildman–Crippen MR) is 124 cm³/mol. The monoisotopic (exact) mass is 445 g/mol. The molecule has 3 aromatic heterocycles. The summed E-state index contributed by atoms with van der Waals surface area (Å²) in [7, 11) is 1.78. The molecule has 4 heterocycles. The van der Waals surface area contributed by atoms with Crippen molar-refractivity contribution >= 4 is 45.2 Å². The summed E-state index contributed by atoms with van der Waals surface area (Å²) in [6.07, 6.45) is 3.54. The molecular weight excluding hydrogens is 422 g/mol. The Morgan fingerprint density at radius 2 is 2.00 bits per heavy atom. The molecular formula is C23H23N7O3. The van der Waals surface area contributed by atoms with Crippen LogP contribution < -0.4 is 15.5 Å². The number of hydrogen-bond acceptors (Lipinski definition) is 9. The number of benzene rings is 1. The lowest BCUT2D eigenvalue weighted by Crippen LogP contribution is -2.36. The van der Waals surface area contributed by atoms with E-state index >= 15 is 0 Å². The van der Waals surface area contributed by atoms with E-state index in [0.717, 1.165) is 55.7 Å². The van der Waals surface area contributed by atoms with Crippen LogP contribution in [-0.4, -0.2) is 59.4 Å². The fourth-order valence-corrected chi connectivity index (χ4v) is 4.07. The largest absolute Gasteiger partial charge is 0.436 e. The van der Waals surface area contributed by atoms with Crippen molar-refractivity contribution in [3.8, 4) is 11.5 Å². The maximum absolute atomic E-state index is 12.2. The van der Waals surface area contributed by atoms with Crippen molar-refractivity contribution in [1.82, 2.24) is 20.2 Å². The number of oxazole rings is 1. The molecule has 4 aromatic rings. The number of nitrogens with zero attached hydrogens (tertiary/aromatic N) is 5. The highest BCUT2D eigenvalue weighted by molar-refractivity contribution is 6.01. The van der Waals surface area contributed by atoms with E-state index in [0.29, 0.717) is 34.2 Å². The molecule has 0 radical (unpaired) electrons. The van der Waals surface area contributed by atoms with E-state index in [9.17, 15) is 4.79 Å². The second-order valence-electron chi connectivity index (χ2n) is 8.30. The first kappa shape index (κ1) is 19.9. The number of carbonyl (C=O) groups is 1. The van der Waals surface area contributed by atoms with Crippen molar-refractivity contribution in [3.05, 3.63) is 30.5 Å². The van der Waals surface area contributed by atoms with Gasteiger partial charge < -0.3 is 24.7 Å². The summed E-state index contributed by atoms with van der Waals surface area (Å²) in [5.74, 6) is 1.49. The lowest BCUT2D eigenvalue weighted by Gasteiger charge is -2.28. The van der Waals surface area contributed by atoms with E-state index in [1.807, 2.05) is 12.1 Å². The molecule has 0 unspecified atom stereocenters. The van der Waals surface area contributed by atoms with Crippen molar-refractivity contribution < 1.29 is 13.9 Å². The van der Waals surface area contributed by atoms with Gasteiger partial charge in [-0.1, -0.05) is 0 Å². The van der Waals surface area contributed by atoms with Gasteiger partial charge >= 0.3 is 0 Å². The van der Waals surface area contributed by atoms with E-state index in [1.54, 1.807) is 19.3 Å². The molecule has 1 aliphatic heterocycles. The number of rotatable bonds is 5. The molecule has 0 spiro atoms. The second-order valence-corrected chi connectivity index (χ2v) is 8.30. The van der Waals surface area contributed by atoms with Crippen LogP contribution in [0, 0.1) is 5.92 Å². The summed E-state index contributed by atoms with van der Waals surface area (Å²) in [6, 6.07) is 7.83. The SMILES string of the molecule is CNc1ncc(-c2nc3ccc(N4CCOCC4)cc3o2)c2cc(NC(=O)C3CC3)nnc12. The van der Waals surface area contributed by atoms with E-state index in [1.165, 1.54) is 0 Å². The van der Waals surface area contributed by atoms with Gasteiger partial charge in [0.05, 0.1) is 18.8 Å². The first-order valence-corrected chi connectivity index (χ1v) is 11.1. The molecule has 1 saturated carbocycles. The van der Waals surface area contributed by atoms with Crippen molar-refractivity contribution in [2.75, 3.05) is 48.9 Å². The third-order valence-electron chi connectivity index (χ3n) is 6.05. The highest BCUT2D eigenvalue weighted by Crippen LogP contribution is 2.34. The number of nitrogens with one attached hydrogen (secondary N) is 2. The summed E-state index contributed by atoms with van der Waals surface area (Å²) in [5, 5.41) is 15.1. The van der Waals surface area contributed by atoms with Gasteiger partial charge in [0.1, 0.15) is 11.0 Å². The molecule has 2 fully saturated rings. The number of aromatic nitrogens is 4. The minimum Gasteiger partial charge on any atom is -0.436 e. The summed E-state index contributed by atoms with van der Waals surface area (Å²) in [4.78, 5) is 23.7. The zero-order chi connectivity index (χ0) is 22.4. The molecule has 2 N–H and O–H groups in total. The lowest BCUT2D eigenvalue weighted by atomic mass is 10.1. The zero-order valence-corrected chi connectivity index (χ0v) is 18.2. The van der Waals surface area contributed by atoms with Gasteiger partial charge in [-0.15, -0.1) is 10.2 Å². The Morgan fingerprint density at radius 1 is 1.15 bits per heavy atom. The molecule has 10 heteroatoms. The summed E-state index contributed by atoms with van der Waals surface area (Å²) in [5.41, 5.74) is 3.81. The minimum atomic E-state index is -0.0226. The van der Waals surface area contributed by atoms with Crippen LogP contribution in [0.5, 0.6) is 0 Å². The van der Waals surface area contributed by atoms with Crippen LogP contribution in [0.4, 0.5) is 17.3 Å². The van der Waals surface area contributed by atoms with Gasteiger partial charge in [-0.05, 0) is 31.0 Å². The number of carbonyl (C=O) groups excluding carboxylic acids is 1. The van der Waals surface area contributed by atoms with E-state index in [4.69, 9.17) is 14.1 Å². The number of anilines is 3. The summed E-state index contributed by atoms with van der Waals surface area (Å²) >= 11 is 0. The van der Waals surface area contributed by atoms with Gasteiger partial charge in [-0.25, -0.2) is 9.97 Å². The predicted octanol–water partition coefficient (Wildman–Crippen LogP) is 3.06. The normalized spacial score (nSPS) is 16.3. The Kier molecular flexibility index (Phi) is 4.79. The number of morpholine rings is 1. The van der Waals surface area contributed by atoms with Crippen molar-refractivity contribution in [2.24, 2.45) is 5.92 Å². The number of pyridine rings is 1. The lowest BCUT2D eigenvalue weighted by molar-refractivity contribution is -0.117. The van der Waals surface area contributed by atoms with Gasteiger partial charge in [-0.2, -0.15) is 0 Å². The molecule has 1 aliphatic carbocycles.